The fraction of sp³-hybridized carbons (Fsp3) is 0.125. The van der Waals surface area contributed by atoms with Crippen LogP contribution in [0.1, 0.15) is 33.2 Å². The molecule has 0 unspecified atom stereocenters. The molecule has 0 saturated carbocycles. The monoisotopic (exact) mass is 417 g/mol. The second-order valence-corrected chi connectivity index (χ2v) is 7.13. The molecule has 0 saturated heterocycles. The summed E-state index contributed by atoms with van der Waals surface area (Å²) >= 11 is 0. The van der Waals surface area contributed by atoms with E-state index in [1.165, 1.54) is 24.3 Å². The van der Waals surface area contributed by atoms with Crippen molar-refractivity contribution < 1.29 is 19.1 Å². The largest absolute Gasteiger partial charge is 0.444 e. The average molecular weight is 417 g/mol. The first-order valence-corrected chi connectivity index (χ1v) is 9.63. The lowest BCUT2D eigenvalue weighted by Gasteiger charge is -2.18. The summed E-state index contributed by atoms with van der Waals surface area (Å²) in [6.45, 7) is 3.88. The fourth-order valence-electron chi connectivity index (χ4n) is 3.16. The molecular formula is C24H23N3O4. The number of urea groups is 1. The van der Waals surface area contributed by atoms with E-state index in [9.17, 15) is 14.4 Å². The van der Waals surface area contributed by atoms with Gasteiger partial charge in [-0.1, -0.05) is 36.4 Å². The van der Waals surface area contributed by atoms with Gasteiger partial charge in [-0.15, -0.1) is 0 Å². The SMILES string of the molecule is Cc1cc(C)cc(NC(=O)[C@H](OC(=O)c2ccc(NC(N)=O)cc2)c2ccccc2)c1. The normalized spacial score (nSPS) is 11.3. The van der Waals surface area contributed by atoms with Crippen LogP contribution in [0.25, 0.3) is 0 Å². The van der Waals surface area contributed by atoms with E-state index in [1.54, 1.807) is 24.3 Å². The molecule has 0 aliphatic carbocycles. The Morgan fingerprint density at radius 1 is 0.806 bits per heavy atom. The van der Waals surface area contributed by atoms with Crippen molar-refractivity contribution in [3.05, 3.63) is 95.1 Å². The number of nitrogens with two attached hydrogens (primary N) is 1. The third-order valence-corrected chi connectivity index (χ3v) is 4.44. The molecular weight excluding hydrogens is 394 g/mol. The molecule has 0 bridgehead atoms. The van der Waals surface area contributed by atoms with Crippen molar-refractivity contribution in [2.75, 3.05) is 10.6 Å². The summed E-state index contributed by atoms with van der Waals surface area (Å²) in [6.07, 6.45) is -1.14. The Labute approximate surface area is 180 Å². The fourth-order valence-corrected chi connectivity index (χ4v) is 3.16. The van der Waals surface area contributed by atoms with Crippen molar-refractivity contribution >= 4 is 29.3 Å². The molecule has 1 atom stereocenters. The molecule has 7 nitrogen and oxygen atoms in total. The minimum atomic E-state index is -1.14. The number of benzene rings is 3. The first kappa shape index (κ1) is 21.6. The molecule has 7 heteroatoms. The number of carbonyl (C=O) groups is 3. The summed E-state index contributed by atoms with van der Waals surface area (Å²) < 4.78 is 5.58. The summed E-state index contributed by atoms with van der Waals surface area (Å²) in [5.74, 6) is -1.13. The Morgan fingerprint density at radius 2 is 1.42 bits per heavy atom. The number of primary amides is 1. The van der Waals surface area contributed by atoms with Gasteiger partial charge in [0.1, 0.15) is 0 Å². The smallest absolute Gasteiger partial charge is 0.339 e. The van der Waals surface area contributed by atoms with Gasteiger partial charge in [-0.2, -0.15) is 0 Å². The molecule has 3 amide bonds. The maximum atomic E-state index is 13.0. The summed E-state index contributed by atoms with van der Waals surface area (Å²) in [7, 11) is 0. The van der Waals surface area contributed by atoms with E-state index >= 15 is 0 Å². The summed E-state index contributed by atoms with van der Waals surface area (Å²) in [5.41, 5.74) is 8.94. The highest BCUT2D eigenvalue weighted by Crippen LogP contribution is 2.23. The molecule has 4 N–H and O–H groups in total. The maximum absolute atomic E-state index is 13.0. The van der Waals surface area contributed by atoms with Gasteiger partial charge in [0.05, 0.1) is 5.56 Å². The standard InChI is InChI=1S/C24H23N3O4/c1-15-12-16(2)14-20(13-15)26-22(28)21(17-6-4-3-5-7-17)31-23(29)18-8-10-19(11-9-18)27-24(25)30/h3-14,21H,1-2H3,(H,26,28)(H3,25,27,30)/t21-/m1/s1. The number of ether oxygens (including phenoxy) is 1. The number of rotatable bonds is 6. The van der Waals surface area contributed by atoms with Crippen LogP contribution in [0, 0.1) is 13.8 Å². The Balaban J connectivity index is 1.81. The summed E-state index contributed by atoms with van der Waals surface area (Å²) in [6, 6.07) is 19.8. The van der Waals surface area contributed by atoms with Crippen molar-refractivity contribution in [1.82, 2.24) is 0 Å². The van der Waals surface area contributed by atoms with Gasteiger partial charge in [-0.05, 0) is 61.4 Å². The van der Waals surface area contributed by atoms with Gasteiger partial charge in [-0.3, -0.25) is 4.79 Å². The van der Waals surface area contributed by atoms with E-state index < -0.39 is 24.0 Å². The summed E-state index contributed by atoms with van der Waals surface area (Å²) in [4.78, 5) is 36.7. The molecule has 0 radical (unpaired) electrons. The highest BCUT2D eigenvalue weighted by Gasteiger charge is 2.26. The van der Waals surface area contributed by atoms with E-state index in [1.807, 2.05) is 38.1 Å². The second kappa shape index (κ2) is 9.58. The Hall–Kier alpha value is -4.13. The average Bonchev–Trinajstić information content (AvgIpc) is 2.71. The summed E-state index contributed by atoms with van der Waals surface area (Å²) in [5, 5.41) is 5.25. The minimum Gasteiger partial charge on any atom is -0.444 e. The van der Waals surface area contributed by atoms with Gasteiger partial charge in [0.2, 0.25) is 6.10 Å². The molecule has 3 aromatic carbocycles. The van der Waals surface area contributed by atoms with Crippen molar-refractivity contribution in [3.8, 4) is 0 Å². The number of carbonyl (C=O) groups excluding carboxylic acids is 3. The molecule has 0 heterocycles. The van der Waals surface area contributed by atoms with E-state index in [4.69, 9.17) is 10.5 Å². The van der Waals surface area contributed by atoms with Gasteiger partial charge in [-0.25, -0.2) is 9.59 Å². The lowest BCUT2D eigenvalue weighted by atomic mass is 10.1. The Bertz CT molecular complexity index is 1080. The molecule has 31 heavy (non-hydrogen) atoms. The van der Waals surface area contributed by atoms with Gasteiger partial charge < -0.3 is 21.1 Å². The number of aryl methyl sites for hydroxylation is 2. The highest BCUT2D eigenvalue weighted by atomic mass is 16.5. The van der Waals surface area contributed by atoms with E-state index in [-0.39, 0.29) is 5.56 Å². The van der Waals surface area contributed by atoms with Crippen molar-refractivity contribution in [2.24, 2.45) is 5.73 Å². The Kier molecular flexibility index (Phi) is 6.67. The van der Waals surface area contributed by atoms with Gasteiger partial charge in [0, 0.05) is 16.9 Å². The van der Waals surface area contributed by atoms with Crippen LogP contribution in [0.2, 0.25) is 0 Å². The van der Waals surface area contributed by atoms with Crippen LogP contribution in [-0.4, -0.2) is 17.9 Å². The molecule has 0 aliphatic rings. The zero-order valence-corrected chi connectivity index (χ0v) is 17.2. The van der Waals surface area contributed by atoms with Crippen LogP contribution in [0.5, 0.6) is 0 Å². The zero-order valence-electron chi connectivity index (χ0n) is 17.2. The first-order chi connectivity index (χ1) is 14.8. The number of anilines is 2. The molecule has 3 rings (SSSR count). The van der Waals surface area contributed by atoms with Crippen LogP contribution in [0.4, 0.5) is 16.2 Å². The first-order valence-electron chi connectivity index (χ1n) is 9.63. The molecule has 0 fully saturated rings. The molecule has 3 aromatic rings. The molecule has 0 aromatic heterocycles. The van der Waals surface area contributed by atoms with E-state index in [0.717, 1.165) is 11.1 Å². The quantitative estimate of drug-likeness (QED) is 0.518. The highest BCUT2D eigenvalue weighted by molar-refractivity contribution is 5.98. The van der Waals surface area contributed by atoms with E-state index in [0.29, 0.717) is 16.9 Å². The van der Waals surface area contributed by atoms with Crippen LogP contribution in [-0.2, 0) is 9.53 Å². The zero-order chi connectivity index (χ0) is 22.4. The Morgan fingerprint density at radius 3 is 2.00 bits per heavy atom. The van der Waals surface area contributed by atoms with Crippen LogP contribution < -0.4 is 16.4 Å². The third-order valence-electron chi connectivity index (χ3n) is 4.44. The van der Waals surface area contributed by atoms with Crippen molar-refractivity contribution in [1.29, 1.82) is 0 Å². The molecule has 0 aliphatic heterocycles. The minimum absolute atomic E-state index is 0.232. The van der Waals surface area contributed by atoms with E-state index in [2.05, 4.69) is 10.6 Å². The van der Waals surface area contributed by atoms with Crippen LogP contribution in [0.15, 0.2) is 72.8 Å². The number of esters is 1. The van der Waals surface area contributed by atoms with Crippen molar-refractivity contribution in [3.63, 3.8) is 0 Å². The lowest BCUT2D eigenvalue weighted by molar-refractivity contribution is -0.125. The van der Waals surface area contributed by atoms with Gasteiger partial charge >= 0.3 is 12.0 Å². The molecule has 0 spiro atoms. The number of amides is 3. The molecule has 158 valence electrons. The third kappa shape index (κ3) is 5.93. The number of hydrogen-bond acceptors (Lipinski definition) is 4. The van der Waals surface area contributed by atoms with Gasteiger partial charge in [0.25, 0.3) is 5.91 Å². The van der Waals surface area contributed by atoms with Crippen LogP contribution in [0.3, 0.4) is 0 Å². The predicted octanol–water partition coefficient (Wildman–Crippen LogP) is 4.33. The lowest BCUT2D eigenvalue weighted by Crippen LogP contribution is -2.26. The van der Waals surface area contributed by atoms with Gasteiger partial charge in [0.15, 0.2) is 0 Å². The van der Waals surface area contributed by atoms with Crippen molar-refractivity contribution in [2.45, 2.75) is 20.0 Å². The maximum Gasteiger partial charge on any atom is 0.339 e. The number of hydrogen-bond donors (Lipinski definition) is 3. The number of nitrogens with one attached hydrogen (secondary N) is 2. The topological polar surface area (TPSA) is 111 Å². The van der Waals surface area contributed by atoms with Crippen LogP contribution >= 0.6 is 0 Å². The second-order valence-electron chi connectivity index (χ2n) is 7.13. The predicted molar refractivity (Wildman–Crippen MR) is 119 cm³/mol.